The van der Waals surface area contributed by atoms with Crippen LogP contribution in [0.15, 0.2) is 18.2 Å². The summed E-state index contributed by atoms with van der Waals surface area (Å²) in [6.45, 7) is 0.397. The zero-order valence-corrected chi connectivity index (χ0v) is 10.4. The van der Waals surface area contributed by atoms with Gasteiger partial charge in [-0.1, -0.05) is 6.07 Å². The summed E-state index contributed by atoms with van der Waals surface area (Å²) in [6, 6.07) is 3.25. The van der Waals surface area contributed by atoms with Gasteiger partial charge in [0.05, 0.1) is 6.10 Å². The van der Waals surface area contributed by atoms with Crippen molar-refractivity contribution in [2.24, 2.45) is 5.73 Å². The van der Waals surface area contributed by atoms with Gasteiger partial charge in [0, 0.05) is 24.7 Å². The van der Waals surface area contributed by atoms with Gasteiger partial charge in [-0.3, -0.25) is 4.79 Å². The Morgan fingerprint density at radius 2 is 2.21 bits per heavy atom. The molecule has 1 amide bonds. The summed E-state index contributed by atoms with van der Waals surface area (Å²) < 4.78 is 31.5. The van der Waals surface area contributed by atoms with Crippen molar-refractivity contribution < 1.29 is 18.3 Å². The van der Waals surface area contributed by atoms with Gasteiger partial charge >= 0.3 is 0 Å². The number of ether oxygens (including phenoxy) is 1. The van der Waals surface area contributed by atoms with Crippen molar-refractivity contribution in [3.05, 3.63) is 35.4 Å². The van der Waals surface area contributed by atoms with Gasteiger partial charge in [-0.25, -0.2) is 8.78 Å². The molecule has 0 radical (unpaired) electrons. The molecule has 2 rings (SSSR count). The molecule has 2 atom stereocenters. The topological polar surface area (TPSA) is 64.4 Å². The van der Waals surface area contributed by atoms with Gasteiger partial charge in [-0.2, -0.15) is 0 Å². The lowest BCUT2D eigenvalue weighted by atomic mass is 10.1. The average molecular weight is 270 g/mol. The van der Waals surface area contributed by atoms with Crippen molar-refractivity contribution >= 4 is 5.91 Å². The van der Waals surface area contributed by atoms with Gasteiger partial charge < -0.3 is 15.8 Å². The van der Waals surface area contributed by atoms with E-state index in [2.05, 4.69) is 5.32 Å². The lowest BCUT2D eigenvalue weighted by molar-refractivity contribution is -0.132. The molecule has 0 saturated carbocycles. The largest absolute Gasteiger partial charge is 0.364 e. The van der Waals surface area contributed by atoms with Crippen LogP contribution in [0, 0.1) is 11.6 Å². The number of nitrogens with one attached hydrogen (secondary N) is 1. The predicted octanol–water partition coefficient (Wildman–Crippen LogP) is 1.09. The maximum atomic E-state index is 13.4. The van der Waals surface area contributed by atoms with Crippen molar-refractivity contribution in [3.8, 4) is 0 Å². The van der Waals surface area contributed by atoms with E-state index in [0.29, 0.717) is 13.0 Å². The molecule has 1 heterocycles. The van der Waals surface area contributed by atoms with Crippen LogP contribution < -0.4 is 11.1 Å². The van der Waals surface area contributed by atoms with Gasteiger partial charge in [-0.05, 0) is 18.9 Å². The summed E-state index contributed by atoms with van der Waals surface area (Å²) in [5.74, 6) is -1.61. The molecule has 104 valence electrons. The second-order valence-corrected chi connectivity index (χ2v) is 4.51. The first kappa shape index (κ1) is 13.9. The van der Waals surface area contributed by atoms with Crippen LogP contribution in [0.5, 0.6) is 0 Å². The van der Waals surface area contributed by atoms with Crippen molar-refractivity contribution in [2.45, 2.75) is 31.6 Å². The molecule has 3 N–H and O–H groups in total. The lowest BCUT2D eigenvalue weighted by Crippen LogP contribution is -2.35. The van der Waals surface area contributed by atoms with Gasteiger partial charge in [0.25, 0.3) is 0 Å². The molecule has 1 aromatic carbocycles. The fourth-order valence-corrected chi connectivity index (χ4v) is 2.03. The molecule has 1 saturated heterocycles. The van der Waals surface area contributed by atoms with Crippen LogP contribution >= 0.6 is 0 Å². The summed E-state index contributed by atoms with van der Waals surface area (Å²) in [6.07, 6.45) is 0.745. The van der Waals surface area contributed by atoms with E-state index in [4.69, 9.17) is 10.5 Å². The molecule has 1 aromatic rings. The third-order valence-corrected chi connectivity index (χ3v) is 3.13. The molecule has 0 spiro atoms. The summed E-state index contributed by atoms with van der Waals surface area (Å²) in [4.78, 5) is 11.8. The molecule has 2 unspecified atom stereocenters. The summed E-state index contributed by atoms with van der Waals surface area (Å²) in [5, 5.41) is 2.58. The van der Waals surface area contributed by atoms with E-state index in [1.807, 2.05) is 0 Å². The zero-order valence-electron chi connectivity index (χ0n) is 10.4. The minimum atomic E-state index is -0.674. The summed E-state index contributed by atoms with van der Waals surface area (Å²) in [5.41, 5.74) is 5.69. The summed E-state index contributed by atoms with van der Waals surface area (Å²) >= 11 is 0. The molecule has 1 fully saturated rings. The van der Waals surface area contributed by atoms with Crippen molar-refractivity contribution in [1.29, 1.82) is 0 Å². The lowest BCUT2D eigenvalue weighted by Gasteiger charge is -2.13. The van der Waals surface area contributed by atoms with E-state index in [9.17, 15) is 13.6 Å². The fourth-order valence-electron chi connectivity index (χ4n) is 2.03. The number of amides is 1. The Morgan fingerprint density at radius 3 is 2.84 bits per heavy atom. The number of carbonyl (C=O) groups is 1. The average Bonchev–Trinajstić information content (AvgIpc) is 2.86. The molecule has 0 bridgehead atoms. The van der Waals surface area contributed by atoms with Crippen LogP contribution in [0.1, 0.15) is 18.4 Å². The highest BCUT2D eigenvalue weighted by atomic mass is 19.1. The highest BCUT2D eigenvalue weighted by molar-refractivity contribution is 5.81. The van der Waals surface area contributed by atoms with E-state index >= 15 is 0 Å². The number of hydrogen-bond donors (Lipinski definition) is 2. The first-order valence-electron chi connectivity index (χ1n) is 6.17. The van der Waals surface area contributed by atoms with Gasteiger partial charge in [-0.15, -0.1) is 0 Å². The second-order valence-electron chi connectivity index (χ2n) is 4.51. The number of benzene rings is 1. The maximum absolute atomic E-state index is 13.4. The standard InChI is InChI=1S/C13H16F2N2O2/c14-9-2-1-8(11(15)5-9)7-17-13(18)12-4-3-10(6-16)19-12/h1-2,5,10,12H,3-4,6-7,16H2,(H,17,18). The molecule has 0 aliphatic carbocycles. The number of rotatable bonds is 4. The van der Waals surface area contributed by atoms with Crippen LogP contribution in [-0.4, -0.2) is 24.7 Å². The van der Waals surface area contributed by atoms with Crippen LogP contribution in [0.4, 0.5) is 8.78 Å². The minimum absolute atomic E-state index is 0.0120. The maximum Gasteiger partial charge on any atom is 0.249 e. The van der Waals surface area contributed by atoms with Crippen molar-refractivity contribution in [3.63, 3.8) is 0 Å². The Balaban J connectivity index is 1.87. The Bertz CT molecular complexity index is 468. The number of nitrogens with two attached hydrogens (primary N) is 1. The fraction of sp³-hybridized carbons (Fsp3) is 0.462. The monoisotopic (exact) mass is 270 g/mol. The van der Waals surface area contributed by atoms with E-state index in [0.717, 1.165) is 18.6 Å². The van der Waals surface area contributed by atoms with Crippen LogP contribution in [0.3, 0.4) is 0 Å². The van der Waals surface area contributed by atoms with E-state index in [1.165, 1.54) is 6.07 Å². The van der Waals surface area contributed by atoms with Gasteiger partial charge in [0.1, 0.15) is 17.7 Å². The smallest absolute Gasteiger partial charge is 0.249 e. The highest BCUT2D eigenvalue weighted by Gasteiger charge is 2.29. The van der Waals surface area contributed by atoms with Crippen LogP contribution in [-0.2, 0) is 16.1 Å². The first-order chi connectivity index (χ1) is 9.10. The van der Waals surface area contributed by atoms with E-state index in [1.54, 1.807) is 0 Å². The Labute approximate surface area is 109 Å². The van der Waals surface area contributed by atoms with Gasteiger partial charge in [0.2, 0.25) is 5.91 Å². The minimum Gasteiger partial charge on any atom is -0.364 e. The SMILES string of the molecule is NCC1CCC(C(=O)NCc2ccc(F)cc2F)O1. The Hall–Kier alpha value is -1.53. The highest BCUT2D eigenvalue weighted by Crippen LogP contribution is 2.19. The molecule has 1 aliphatic heterocycles. The van der Waals surface area contributed by atoms with Gasteiger partial charge in [0.15, 0.2) is 0 Å². The molecule has 4 nitrogen and oxygen atoms in total. The van der Waals surface area contributed by atoms with Crippen molar-refractivity contribution in [1.82, 2.24) is 5.32 Å². The molecule has 19 heavy (non-hydrogen) atoms. The third-order valence-electron chi connectivity index (χ3n) is 3.13. The second kappa shape index (κ2) is 6.08. The molecule has 1 aliphatic rings. The van der Waals surface area contributed by atoms with Crippen molar-refractivity contribution in [2.75, 3.05) is 6.54 Å². The quantitative estimate of drug-likeness (QED) is 0.860. The first-order valence-corrected chi connectivity index (χ1v) is 6.17. The molecule has 6 heteroatoms. The van der Waals surface area contributed by atoms with E-state index in [-0.39, 0.29) is 24.1 Å². The Morgan fingerprint density at radius 1 is 1.42 bits per heavy atom. The Kier molecular flexibility index (Phi) is 4.44. The molecular formula is C13H16F2N2O2. The number of halogens is 2. The third kappa shape index (κ3) is 3.48. The van der Waals surface area contributed by atoms with Crippen LogP contribution in [0.25, 0.3) is 0 Å². The normalized spacial score (nSPS) is 22.5. The summed E-state index contributed by atoms with van der Waals surface area (Å²) in [7, 11) is 0. The van der Waals surface area contributed by atoms with E-state index < -0.39 is 17.7 Å². The zero-order chi connectivity index (χ0) is 13.8. The number of hydrogen-bond acceptors (Lipinski definition) is 3. The molecule has 0 aromatic heterocycles. The number of carbonyl (C=O) groups excluding carboxylic acids is 1. The van der Waals surface area contributed by atoms with Crippen LogP contribution in [0.2, 0.25) is 0 Å². The predicted molar refractivity (Wildman–Crippen MR) is 65.2 cm³/mol. The molecular weight excluding hydrogens is 254 g/mol.